The van der Waals surface area contributed by atoms with Gasteiger partial charge in [-0.3, -0.25) is 9.69 Å². The predicted molar refractivity (Wildman–Crippen MR) is 77.6 cm³/mol. The first-order valence-electron chi connectivity index (χ1n) is 7.35. The van der Waals surface area contributed by atoms with E-state index >= 15 is 0 Å². The number of nitrogens with zero attached hydrogens (tertiary/aromatic N) is 2. The molecular formula is C13H24N2O5S. The first-order chi connectivity index (χ1) is 9.84. The zero-order chi connectivity index (χ0) is 15.5. The fourth-order valence-electron chi connectivity index (χ4n) is 2.79. The Labute approximate surface area is 125 Å². The summed E-state index contributed by atoms with van der Waals surface area (Å²) in [6.07, 6.45) is 4.63. The molecule has 1 saturated heterocycles. The molecule has 21 heavy (non-hydrogen) atoms. The van der Waals surface area contributed by atoms with Crippen molar-refractivity contribution in [2.75, 3.05) is 45.6 Å². The van der Waals surface area contributed by atoms with Crippen LogP contribution in [0, 0.1) is 5.92 Å². The van der Waals surface area contributed by atoms with Gasteiger partial charge in [0.2, 0.25) is 10.0 Å². The number of morpholine rings is 1. The summed E-state index contributed by atoms with van der Waals surface area (Å²) in [4.78, 5) is 13.1. The van der Waals surface area contributed by atoms with Crippen LogP contribution < -0.4 is 0 Å². The lowest BCUT2D eigenvalue weighted by Crippen LogP contribution is -2.50. The van der Waals surface area contributed by atoms with Crippen molar-refractivity contribution in [1.82, 2.24) is 9.21 Å². The third-order valence-electron chi connectivity index (χ3n) is 4.15. The standard InChI is InChI=1S/C13H24N2O5S/c1-21(18,19)15(10-13(16)17)9-12-8-14(5-6-20-12)7-11-3-2-4-11/h11-12H,2-10H2,1H3,(H,16,17). The number of aliphatic carboxylic acids is 1. The molecule has 1 aliphatic carbocycles. The third-order valence-corrected chi connectivity index (χ3v) is 5.37. The molecule has 2 aliphatic rings. The summed E-state index contributed by atoms with van der Waals surface area (Å²) < 4.78 is 29.9. The maximum Gasteiger partial charge on any atom is 0.318 e. The van der Waals surface area contributed by atoms with Gasteiger partial charge in [-0.1, -0.05) is 6.42 Å². The van der Waals surface area contributed by atoms with Crippen molar-refractivity contribution in [3.8, 4) is 0 Å². The molecule has 2 rings (SSSR count). The summed E-state index contributed by atoms with van der Waals surface area (Å²) in [6, 6.07) is 0. The minimum absolute atomic E-state index is 0.103. The van der Waals surface area contributed by atoms with Crippen molar-refractivity contribution in [2.45, 2.75) is 25.4 Å². The van der Waals surface area contributed by atoms with Crippen molar-refractivity contribution in [2.24, 2.45) is 5.92 Å². The Morgan fingerprint density at radius 3 is 2.67 bits per heavy atom. The van der Waals surface area contributed by atoms with E-state index in [1.807, 2.05) is 0 Å². The normalized spacial score (nSPS) is 25.0. The van der Waals surface area contributed by atoms with E-state index in [2.05, 4.69) is 4.90 Å². The first-order valence-corrected chi connectivity index (χ1v) is 9.20. The number of sulfonamides is 1. The van der Waals surface area contributed by atoms with Gasteiger partial charge in [-0.05, 0) is 18.8 Å². The van der Waals surface area contributed by atoms with E-state index in [4.69, 9.17) is 9.84 Å². The summed E-state index contributed by atoms with van der Waals surface area (Å²) in [5.74, 6) is -0.392. The van der Waals surface area contributed by atoms with Crippen LogP contribution >= 0.6 is 0 Å². The molecule has 1 atom stereocenters. The first kappa shape index (κ1) is 16.7. The molecule has 0 radical (unpaired) electrons. The topological polar surface area (TPSA) is 87.2 Å². The van der Waals surface area contributed by atoms with Crippen LogP contribution in [0.4, 0.5) is 0 Å². The van der Waals surface area contributed by atoms with Crippen LogP contribution in [0.1, 0.15) is 19.3 Å². The molecule has 0 aromatic heterocycles. The predicted octanol–water partition coefficient (Wildman–Crippen LogP) is -0.166. The average Bonchev–Trinajstić information content (AvgIpc) is 2.32. The molecule has 122 valence electrons. The lowest BCUT2D eigenvalue weighted by molar-refractivity contribution is -0.137. The molecule has 1 aliphatic heterocycles. The Hall–Kier alpha value is -0.700. The van der Waals surface area contributed by atoms with Crippen molar-refractivity contribution in [1.29, 1.82) is 0 Å². The number of carboxylic acids is 1. The minimum atomic E-state index is -3.54. The second kappa shape index (κ2) is 7.04. The third kappa shape index (κ3) is 5.21. The van der Waals surface area contributed by atoms with Gasteiger partial charge in [0.1, 0.15) is 6.54 Å². The smallest absolute Gasteiger partial charge is 0.318 e. The Balaban J connectivity index is 1.88. The highest BCUT2D eigenvalue weighted by atomic mass is 32.2. The molecule has 1 unspecified atom stereocenters. The lowest BCUT2D eigenvalue weighted by Gasteiger charge is -2.38. The van der Waals surface area contributed by atoms with E-state index < -0.39 is 22.5 Å². The van der Waals surface area contributed by atoms with Crippen LogP contribution in [-0.2, 0) is 19.6 Å². The highest BCUT2D eigenvalue weighted by Crippen LogP contribution is 2.27. The molecule has 1 saturated carbocycles. The van der Waals surface area contributed by atoms with Gasteiger partial charge in [-0.15, -0.1) is 0 Å². The van der Waals surface area contributed by atoms with Gasteiger partial charge < -0.3 is 9.84 Å². The molecule has 0 spiro atoms. The number of rotatable bonds is 7. The molecule has 0 aromatic rings. The van der Waals surface area contributed by atoms with E-state index in [1.54, 1.807) is 0 Å². The lowest BCUT2D eigenvalue weighted by atomic mass is 9.85. The van der Waals surface area contributed by atoms with Crippen molar-refractivity contribution in [3.63, 3.8) is 0 Å². The maximum absolute atomic E-state index is 11.6. The Bertz CT molecular complexity index is 463. The molecule has 0 aromatic carbocycles. The molecule has 7 nitrogen and oxygen atoms in total. The monoisotopic (exact) mass is 320 g/mol. The quantitative estimate of drug-likeness (QED) is 0.701. The van der Waals surface area contributed by atoms with Crippen molar-refractivity contribution in [3.05, 3.63) is 0 Å². The highest BCUT2D eigenvalue weighted by Gasteiger charge is 2.29. The highest BCUT2D eigenvalue weighted by molar-refractivity contribution is 7.88. The number of carboxylic acid groups (broad SMARTS) is 1. The van der Waals surface area contributed by atoms with Gasteiger partial charge >= 0.3 is 5.97 Å². The van der Waals surface area contributed by atoms with E-state index in [-0.39, 0.29) is 12.6 Å². The van der Waals surface area contributed by atoms with Gasteiger partial charge in [-0.25, -0.2) is 8.42 Å². The van der Waals surface area contributed by atoms with Gasteiger partial charge in [0.25, 0.3) is 0 Å². The summed E-state index contributed by atoms with van der Waals surface area (Å²) in [5.41, 5.74) is 0. The SMILES string of the molecule is CS(=O)(=O)N(CC(=O)O)CC1CN(CC2CCC2)CCO1. The van der Waals surface area contributed by atoms with Crippen LogP contribution in [-0.4, -0.2) is 80.4 Å². The summed E-state index contributed by atoms with van der Waals surface area (Å²) >= 11 is 0. The molecular weight excluding hydrogens is 296 g/mol. The summed E-state index contributed by atoms with van der Waals surface area (Å²) in [5, 5.41) is 8.83. The second-order valence-electron chi connectivity index (χ2n) is 6.00. The van der Waals surface area contributed by atoms with E-state index in [0.29, 0.717) is 13.2 Å². The average molecular weight is 320 g/mol. The van der Waals surface area contributed by atoms with E-state index in [0.717, 1.165) is 29.6 Å². The molecule has 1 heterocycles. The fourth-order valence-corrected chi connectivity index (χ4v) is 3.57. The number of ether oxygens (including phenoxy) is 1. The van der Waals surface area contributed by atoms with Crippen LogP contribution in [0.5, 0.6) is 0 Å². The molecule has 0 bridgehead atoms. The van der Waals surface area contributed by atoms with Crippen LogP contribution in [0.15, 0.2) is 0 Å². The second-order valence-corrected chi connectivity index (χ2v) is 7.98. The zero-order valence-electron chi connectivity index (χ0n) is 12.4. The van der Waals surface area contributed by atoms with Crippen LogP contribution in [0.25, 0.3) is 0 Å². The van der Waals surface area contributed by atoms with Gasteiger partial charge in [0.15, 0.2) is 0 Å². The fraction of sp³-hybridized carbons (Fsp3) is 0.923. The zero-order valence-corrected chi connectivity index (χ0v) is 13.2. The molecule has 1 N–H and O–H groups in total. The van der Waals surface area contributed by atoms with Crippen molar-refractivity contribution >= 4 is 16.0 Å². The summed E-state index contributed by atoms with van der Waals surface area (Å²) in [6.45, 7) is 2.74. The Morgan fingerprint density at radius 2 is 2.14 bits per heavy atom. The minimum Gasteiger partial charge on any atom is -0.480 e. The maximum atomic E-state index is 11.6. The Morgan fingerprint density at radius 1 is 1.43 bits per heavy atom. The largest absolute Gasteiger partial charge is 0.480 e. The van der Waals surface area contributed by atoms with Crippen LogP contribution in [0.2, 0.25) is 0 Å². The Kier molecular flexibility index (Phi) is 5.59. The van der Waals surface area contributed by atoms with Gasteiger partial charge in [-0.2, -0.15) is 4.31 Å². The molecule has 2 fully saturated rings. The van der Waals surface area contributed by atoms with Gasteiger partial charge in [0.05, 0.1) is 19.0 Å². The van der Waals surface area contributed by atoms with Crippen LogP contribution in [0.3, 0.4) is 0 Å². The van der Waals surface area contributed by atoms with E-state index in [9.17, 15) is 13.2 Å². The van der Waals surface area contributed by atoms with E-state index in [1.165, 1.54) is 19.3 Å². The van der Waals surface area contributed by atoms with Crippen molar-refractivity contribution < 1.29 is 23.1 Å². The molecule has 0 amide bonds. The molecule has 8 heteroatoms. The van der Waals surface area contributed by atoms with Gasteiger partial charge in [0, 0.05) is 26.2 Å². The summed E-state index contributed by atoms with van der Waals surface area (Å²) in [7, 11) is -3.54. The number of hydrogen-bond acceptors (Lipinski definition) is 5. The number of carbonyl (C=O) groups is 1. The number of hydrogen-bond donors (Lipinski definition) is 1.